The topological polar surface area (TPSA) is 58.6 Å². The molecule has 3 rings (SSSR count). The summed E-state index contributed by atoms with van der Waals surface area (Å²) in [6.45, 7) is 2.93. The lowest BCUT2D eigenvalue weighted by Crippen LogP contribution is -2.41. The summed E-state index contributed by atoms with van der Waals surface area (Å²) in [7, 11) is 0. The molecule has 0 spiro atoms. The van der Waals surface area contributed by atoms with Crippen molar-refractivity contribution in [3.8, 4) is 5.75 Å². The van der Waals surface area contributed by atoms with Gasteiger partial charge in [-0.25, -0.2) is 0 Å². The predicted molar refractivity (Wildman–Crippen MR) is 96.8 cm³/mol. The van der Waals surface area contributed by atoms with E-state index >= 15 is 0 Å². The average Bonchev–Trinajstić information content (AvgIpc) is 2.80. The Morgan fingerprint density at radius 2 is 1.88 bits per heavy atom. The summed E-state index contributed by atoms with van der Waals surface area (Å²) in [4.78, 5) is 26.2. The van der Waals surface area contributed by atoms with Gasteiger partial charge in [0.1, 0.15) is 12.3 Å². The van der Waals surface area contributed by atoms with Crippen LogP contribution in [0.15, 0.2) is 54.6 Å². The van der Waals surface area contributed by atoms with Crippen LogP contribution in [0, 0.1) is 0 Å². The molecular weight excluding hydrogens is 316 g/mol. The van der Waals surface area contributed by atoms with Gasteiger partial charge < -0.3 is 10.1 Å². The Kier molecular flexibility index (Phi) is 5.33. The van der Waals surface area contributed by atoms with Crippen LogP contribution in [-0.2, 0) is 9.59 Å². The van der Waals surface area contributed by atoms with Crippen LogP contribution in [0.3, 0.4) is 0 Å². The van der Waals surface area contributed by atoms with E-state index in [4.69, 9.17) is 4.74 Å². The lowest BCUT2D eigenvalue weighted by molar-refractivity contribution is -0.123. The molecule has 1 aliphatic heterocycles. The third-order valence-corrected chi connectivity index (χ3v) is 4.31. The molecule has 1 heterocycles. The number of benzene rings is 2. The van der Waals surface area contributed by atoms with Gasteiger partial charge in [-0.1, -0.05) is 49.4 Å². The van der Waals surface area contributed by atoms with Crippen LogP contribution >= 0.6 is 0 Å². The highest BCUT2D eigenvalue weighted by Crippen LogP contribution is 2.30. The van der Waals surface area contributed by atoms with Crippen LogP contribution in [0.5, 0.6) is 5.75 Å². The molecule has 1 atom stereocenters. The first-order valence-corrected chi connectivity index (χ1v) is 8.49. The minimum absolute atomic E-state index is 0.000711. The van der Waals surface area contributed by atoms with Gasteiger partial charge >= 0.3 is 0 Å². The van der Waals surface area contributed by atoms with Crippen molar-refractivity contribution in [2.24, 2.45) is 0 Å². The Bertz CT molecular complexity index is 746. The number of rotatable bonds is 5. The minimum atomic E-state index is -0.173. The second kappa shape index (κ2) is 7.83. The second-order valence-corrected chi connectivity index (χ2v) is 6.16. The molecule has 1 N–H and O–H groups in total. The van der Waals surface area contributed by atoms with Gasteiger partial charge in [0.15, 0.2) is 0 Å². The van der Waals surface area contributed by atoms with Gasteiger partial charge in [0.25, 0.3) is 0 Å². The van der Waals surface area contributed by atoms with E-state index in [-0.39, 0.29) is 30.7 Å². The van der Waals surface area contributed by atoms with Crippen LogP contribution < -0.4 is 15.0 Å². The van der Waals surface area contributed by atoms with E-state index in [1.165, 1.54) is 10.5 Å². The van der Waals surface area contributed by atoms with Gasteiger partial charge in [-0.15, -0.1) is 0 Å². The Balaban J connectivity index is 1.63. The van der Waals surface area contributed by atoms with Crippen LogP contribution in [0.25, 0.3) is 0 Å². The number of nitrogens with one attached hydrogen (secondary N) is 1. The quantitative estimate of drug-likeness (QED) is 0.912. The summed E-state index contributed by atoms with van der Waals surface area (Å²) in [5.41, 5.74) is 1.82. The first-order valence-electron chi connectivity index (χ1n) is 8.49. The number of para-hydroxylation sites is 2. The van der Waals surface area contributed by atoms with Crippen molar-refractivity contribution in [3.05, 3.63) is 60.2 Å². The lowest BCUT2D eigenvalue weighted by Gasteiger charge is -2.22. The molecule has 130 valence electrons. The third-order valence-electron chi connectivity index (χ3n) is 4.31. The molecule has 5 heteroatoms. The normalized spacial score (nSPS) is 14.9. The van der Waals surface area contributed by atoms with Crippen molar-refractivity contribution >= 4 is 17.5 Å². The maximum Gasteiger partial charge on any atom is 0.240 e. The van der Waals surface area contributed by atoms with Crippen molar-refractivity contribution in [1.29, 1.82) is 0 Å². The highest BCUT2D eigenvalue weighted by Gasteiger charge is 2.25. The molecule has 2 aromatic rings. The summed E-state index contributed by atoms with van der Waals surface area (Å²) in [5, 5.41) is 2.93. The van der Waals surface area contributed by atoms with Crippen molar-refractivity contribution < 1.29 is 14.3 Å². The van der Waals surface area contributed by atoms with E-state index in [9.17, 15) is 9.59 Å². The molecule has 0 aromatic heterocycles. The first-order chi connectivity index (χ1) is 12.1. The summed E-state index contributed by atoms with van der Waals surface area (Å²) >= 11 is 0. The SMILES string of the molecule is C[C@H](CNC(=O)CN1C(=O)CCOc2ccccc21)c1ccccc1. The molecule has 0 bridgehead atoms. The molecule has 0 radical (unpaired) electrons. The smallest absolute Gasteiger partial charge is 0.240 e. The largest absolute Gasteiger partial charge is 0.491 e. The Labute approximate surface area is 147 Å². The number of fused-ring (bicyclic) bond motifs is 1. The number of carbonyl (C=O) groups excluding carboxylic acids is 2. The lowest BCUT2D eigenvalue weighted by atomic mass is 10.0. The van der Waals surface area contributed by atoms with Crippen LogP contribution in [0.4, 0.5) is 5.69 Å². The molecule has 5 nitrogen and oxygen atoms in total. The Morgan fingerprint density at radius 1 is 1.16 bits per heavy atom. The zero-order valence-electron chi connectivity index (χ0n) is 14.3. The van der Waals surface area contributed by atoms with Crippen molar-refractivity contribution in [3.63, 3.8) is 0 Å². The standard InChI is InChI=1S/C20H22N2O3/c1-15(16-7-3-2-4-8-16)13-21-19(23)14-22-17-9-5-6-10-18(17)25-12-11-20(22)24/h2-10,15H,11-14H2,1H3,(H,21,23)/t15-/m1/s1. The molecule has 1 aliphatic rings. The molecule has 0 unspecified atom stereocenters. The predicted octanol–water partition coefficient (Wildman–Crippen LogP) is 2.72. The molecule has 0 aliphatic carbocycles. The third kappa shape index (κ3) is 4.18. The molecular formula is C20H22N2O3. The van der Waals surface area contributed by atoms with E-state index in [2.05, 4.69) is 12.2 Å². The first kappa shape index (κ1) is 17.0. The zero-order valence-corrected chi connectivity index (χ0v) is 14.3. The molecule has 0 saturated heterocycles. The fourth-order valence-electron chi connectivity index (χ4n) is 2.86. The molecule has 0 saturated carbocycles. The van der Waals surface area contributed by atoms with E-state index in [0.717, 1.165) is 0 Å². The summed E-state index contributed by atoms with van der Waals surface area (Å²) in [5.74, 6) is 0.573. The Hall–Kier alpha value is -2.82. The van der Waals surface area contributed by atoms with Gasteiger partial charge in [0.05, 0.1) is 18.7 Å². The van der Waals surface area contributed by atoms with Crippen LogP contribution in [0.1, 0.15) is 24.8 Å². The van der Waals surface area contributed by atoms with Crippen molar-refractivity contribution in [2.75, 3.05) is 24.6 Å². The number of nitrogens with zero attached hydrogens (tertiary/aromatic N) is 1. The van der Waals surface area contributed by atoms with Crippen molar-refractivity contribution in [1.82, 2.24) is 5.32 Å². The van der Waals surface area contributed by atoms with Crippen molar-refractivity contribution in [2.45, 2.75) is 19.3 Å². The van der Waals surface area contributed by atoms with Gasteiger partial charge in [0.2, 0.25) is 11.8 Å². The van der Waals surface area contributed by atoms with E-state index in [1.54, 1.807) is 6.07 Å². The van der Waals surface area contributed by atoms with E-state index in [0.29, 0.717) is 24.6 Å². The number of ether oxygens (including phenoxy) is 1. The average molecular weight is 338 g/mol. The Morgan fingerprint density at radius 3 is 2.68 bits per heavy atom. The minimum Gasteiger partial charge on any atom is -0.491 e. The maximum absolute atomic E-state index is 12.4. The van der Waals surface area contributed by atoms with Gasteiger partial charge in [-0.2, -0.15) is 0 Å². The number of amides is 2. The zero-order chi connectivity index (χ0) is 17.6. The van der Waals surface area contributed by atoms with Gasteiger partial charge in [0, 0.05) is 6.54 Å². The van der Waals surface area contributed by atoms with Gasteiger partial charge in [-0.05, 0) is 23.6 Å². The number of carbonyl (C=O) groups is 2. The molecule has 0 fully saturated rings. The fraction of sp³-hybridized carbons (Fsp3) is 0.300. The summed E-state index contributed by atoms with van der Waals surface area (Å²) in [6.07, 6.45) is 0.266. The molecule has 2 amide bonds. The number of hydrogen-bond donors (Lipinski definition) is 1. The summed E-state index contributed by atoms with van der Waals surface area (Å²) in [6, 6.07) is 17.3. The number of anilines is 1. The summed E-state index contributed by atoms with van der Waals surface area (Å²) < 4.78 is 5.59. The molecule has 2 aromatic carbocycles. The van der Waals surface area contributed by atoms with E-state index in [1.807, 2.05) is 48.5 Å². The monoisotopic (exact) mass is 338 g/mol. The van der Waals surface area contributed by atoms with Crippen LogP contribution in [-0.4, -0.2) is 31.5 Å². The second-order valence-electron chi connectivity index (χ2n) is 6.16. The van der Waals surface area contributed by atoms with Gasteiger partial charge in [-0.3, -0.25) is 14.5 Å². The highest BCUT2D eigenvalue weighted by molar-refractivity contribution is 6.00. The number of hydrogen-bond acceptors (Lipinski definition) is 3. The molecule has 25 heavy (non-hydrogen) atoms. The maximum atomic E-state index is 12.4. The van der Waals surface area contributed by atoms with Crippen LogP contribution in [0.2, 0.25) is 0 Å². The van der Waals surface area contributed by atoms with E-state index < -0.39 is 0 Å². The fourth-order valence-corrected chi connectivity index (χ4v) is 2.86. The highest BCUT2D eigenvalue weighted by atomic mass is 16.5.